The number of rotatable bonds is 4. The summed E-state index contributed by atoms with van der Waals surface area (Å²) in [4.78, 5) is 25.1. The fraction of sp³-hybridized carbons (Fsp3) is 0.263. The highest BCUT2D eigenvalue weighted by Crippen LogP contribution is 2.47. The molecular weight excluding hydrogens is 436 g/mol. The second-order valence-corrected chi connectivity index (χ2v) is 5.89. The summed E-state index contributed by atoms with van der Waals surface area (Å²) in [5.74, 6) is -3.18. The lowest BCUT2D eigenvalue weighted by Crippen LogP contribution is -2.29. The van der Waals surface area contributed by atoms with E-state index in [1.165, 1.54) is 6.08 Å². The lowest BCUT2D eigenvalue weighted by Gasteiger charge is -2.28. The second-order valence-electron chi connectivity index (χ2n) is 5.89. The van der Waals surface area contributed by atoms with Crippen molar-refractivity contribution in [2.75, 3.05) is 26.2 Å². The van der Waals surface area contributed by atoms with Crippen molar-refractivity contribution in [1.82, 2.24) is 0 Å². The first-order chi connectivity index (χ1) is 14.4. The van der Waals surface area contributed by atoms with Gasteiger partial charge in [0, 0.05) is 6.20 Å². The molecule has 1 aliphatic heterocycles. The van der Waals surface area contributed by atoms with E-state index in [1.54, 1.807) is 0 Å². The van der Waals surface area contributed by atoms with Crippen molar-refractivity contribution in [3.63, 3.8) is 0 Å². The summed E-state index contributed by atoms with van der Waals surface area (Å²) < 4.78 is 94.9. The highest BCUT2D eigenvalue weighted by molar-refractivity contribution is 6.06. The number of hydrogen-bond acceptors (Lipinski definition) is 6. The molecule has 0 fully saturated rings. The zero-order valence-electron chi connectivity index (χ0n) is 16.2. The molecule has 0 radical (unpaired) electrons. The summed E-state index contributed by atoms with van der Waals surface area (Å²) in [5.41, 5.74) is -5.53. The first-order valence-corrected chi connectivity index (χ1v) is 8.28. The molecule has 0 spiro atoms. The van der Waals surface area contributed by atoms with Crippen molar-refractivity contribution in [3.05, 3.63) is 59.0 Å². The Bertz CT molecular complexity index is 975. The van der Waals surface area contributed by atoms with Crippen LogP contribution in [0.25, 0.3) is 0 Å². The number of halogens is 6. The van der Waals surface area contributed by atoms with Crippen molar-refractivity contribution >= 4 is 17.6 Å². The number of benzene rings is 1. The lowest BCUT2D eigenvalue weighted by atomic mass is 10.0. The number of anilines is 1. The van der Waals surface area contributed by atoms with Crippen LogP contribution in [0.15, 0.2) is 47.8 Å². The molecule has 0 atom stereocenters. The standard InChI is InChI=1S/C19H15F6NO5/c1-29-13-9-10(18(20,21)22)8-12(19(23,24)25)15(13)26-7-5-4-6-11(16(27)30-2)14(26)17(28)31-3/h4-9H,1-3H3. The van der Waals surface area contributed by atoms with E-state index in [0.717, 1.165) is 39.7 Å². The fourth-order valence-corrected chi connectivity index (χ4v) is 2.73. The molecule has 2 rings (SSSR count). The van der Waals surface area contributed by atoms with Gasteiger partial charge < -0.3 is 19.1 Å². The summed E-state index contributed by atoms with van der Waals surface area (Å²) in [6.07, 6.45) is -5.99. The van der Waals surface area contributed by atoms with Gasteiger partial charge in [0.15, 0.2) is 0 Å². The average Bonchev–Trinajstić information content (AvgIpc) is 2.92. The molecule has 0 aromatic heterocycles. The Morgan fingerprint density at radius 1 is 0.871 bits per heavy atom. The van der Waals surface area contributed by atoms with Crippen LogP contribution < -0.4 is 9.64 Å². The summed E-state index contributed by atoms with van der Waals surface area (Å²) in [6.45, 7) is 0. The molecule has 0 saturated carbocycles. The van der Waals surface area contributed by atoms with Gasteiger partial charge in [0.2, 0.25) is 0 Å². The third kappa shape index (κ3) is 4.84. The molecule has 1 aromatic rings. The Hall–Kier alpha value is -3.44. The third-order valence-corrected chi connectivity index (χ3v) is 4.06. The highest BCUT2D eigenvalue weighted by atomic mass is 19.4. The number of ether oxygens (including phenoxy) is 3. The smallest absolute Gasteiger partial charge is 0.418 e. The Balaban J connectivity index is 2.97. The van der Waals surface area contributed by atoms with E-state index in [4.69, 9.17) is 4.74 Å². The van der Waals surface area contributed by atoms with Gasteiger partial charge in [0.1, 0.15) is 17.1 Å². The van der Waals surface area contributed by atoms with Crippen LogP contribution in [0.4, 0.5) is 32.0 Å². The van der Waals surface area contributed by atoms with Crippen molar-refractivity contribution in [2.45, 2.75) is 12.4 Å². The van der Waals surface area contributed by atoms with E-state index in [0.29, 0.717) is 11.0 Å². The molecule has 0 bridgehead atoms. The van der Waals surface area contributed by atoms with Crippen molar-refractivity contribution in [1.29, 1.82) is 0 Å². The quantitative estimate of drug-likeness (QED) is 0.505. The number of methoxy groups -OCH3 is 3. The monoisotopic (exact) mass is 451 g/mol. The fourth-order valence-electron chi connectivity index (χ4n) is 2.73. The number of alkyl halides is 6. The zero-order chi connectivity index (χ0) is 23.6. The van der Waals surface area contributed by atoms with Gasteiger partial charge in [-0.1, -0.05) is 6.08 Å². The summed E-state index contributed by atoms with van der Waals surface area (Å²) in [5, 5.41) is 0. The van der Waals surface area contributed by atoms with Crippen LogP contribution in [0.3, 0.4) is 0 Å². The molecule has 1 aromatic carbocycles. The first kappa shape index (κ1) is 23.8. The lowest BCUT2D eigenvalue weighted by molar-refractivity contribution is -0.143. The molecule has 1 aliphatic rings. The van der Waals surface area contributed by atoms with Crippen molar-refractivity contribution < 1.29 is 50.1 Å². The topological polar surface area (TPSA) is 65.1 Å². The van der Waals surface area contributed by atoms with Gasteiger partial charge in [-0.3, -0.25) is 0 Å². The van der Waals surface area contributed by atoms with Gasteiger partial charge in [0.25, 0.3) is 0 Å². The van der Waals surface area contributed by atoms with Gasteiger partial charge in [-0.15, -0.1) is 0 Å². The summed E-state index contributed by atoms with van der Waals surface area (Å²) in [7, 11) is 2.75. The van der Waals surface area contributed by atoms with Gasteiger partial charge in [-0.05, 0) is 24.3 Å². The maximum Gasteiger partial charge on any atom is 0.418 e. The minimum Gasteiger partial charge on any atom is -0.495 e. The molecule has 0 unspecified atom stereocenters. The zero-order valence-corrected chi connectivity index (χ0v) is 16.2. The van der Waals surface area contributed by atoms with E-state index < -0.39 is 58.1 Å². The predicted molar refractivity (Wildman–Crippen MR) is 94.8 cm³/mol. The highest BCUT2D eigenvalue weighted by Gasteiger charge is 2.43. The Labute approximate surface area is 172 Å². The minimum atomic E-state index is -5.29. The van der Waals surface area contributed by atoms with Crippen LogP contribution in [-0.4, -0.2) is 33.3 Å². The van der Waals surface area contributed by atoms with Gasteiger partial charge in [-0.2, -0.15) is 26.3 Å². The summed E-state index contributed by atoms with van der Waals surface area (Å²) in [6, 6.07) is 0.236. The average molecular weight is 451 g/mol. The molecule has 0 aliphatic carbocycles. The maximum absolute atomic E-state index is 13.8. The van der Waals surface area contributed by atoms with Gasteiger partial charge >= 0.3 is 24.3 Å². The normalized spacial score (nSPS) is 14.4. The largest absolute Gasteiger partial charge is 0.495 e. The Kier molecular flexibility index (Phi) is 6.72. The maximum atomic E-state index is 13.8. The van der Waals surface area contributed by atoms with Crippen LogP contribution in [0.1, 0.15) is 11.1 Å². The van der Waals surface area contributed by atoms with E-state index in [2.05, 4.69) is 9.47 Å². The van der Waals surface area contributed by atoms with E-state index in [9.17, 15) is 35.9 Å². The second kappa shape index (κ2) is 8.74. The molecule has 31 heavy (non-hydrogen) atoms. The van der Waals surface area contributed by atoms with Crippen LogP contribution in [0, 0.1) is 0 Å². The number of hydrogen-bond donors (Lipinski definition) is 0. The molecule has 6 nitrogen and oxygen atoms in total. The molecule has 1 heterocycles. The number of allylic oxidation sites excluding steroid dienone is 2. The van der Waals surface area contributed by atoms with Crippen LogP contribution in [0.5, 0.6) is 5.75 Å². The Morgan fingerprint density at radius 2 is 1.48 bits per heavy atom. The van der Waals surface area contributed by atoms with Crippen molar-refractivity contribution in [3.8, 4) is 5.75 Å². The first-order valence-electron chi connectivity index (χ1n) is 8.28. The molecule has 168 valence electrons. The minimum absolute atomic E-state index is 0.114. The van der Waals surface area contributed by atoms with E-state index >= 15 is 0 Å². The summed E-state index contributed by atoms with van der Waals surface area (Å²) >= 11 is 0. The van der Waals surface area contributed by atoms with E-state index in [-0.39, 0.29) is 6.07 Å². The predicted octanol–water partition coefficient (Wildman–Crippen LogP) is 4.22. The van der Waals surface area contributed by atoms with Gasteiger partial charge in [-0.25, -0.2) is 9.59 Å². The number of carbonyl (C=O) groups is 2. The molecule has 0 amide bonds. The Morgan fingerprint density at radius 3 is 1.97 bits per heavy atom. The number of carbonyl (C=O) groups excluding carboxylic acids is 2. The molecular formula is C19H15F6NO5. The van der Waals surface area contributed by atoms with Crippen LogP contribution >= 0.6 is 0 Å². The molecule has 0 N–H and O–H groups in total. The van der Waals surface area contributed by atoms with Crippen molar-refractivity contribution in [2.24, 2.45) is 0 Å². The van der Waals surface area contributed by atoms with Gasteiger partial charge in [0.05, 0.1) is 38.0 Å². The third-order valence-electron chi connectivity index (χ3n) is 4.06. The number of nitrogens with zero attached hydrogens (tertiary/aromatic N) is 1. The van der Waals surface area contributed by atoms with Crippen LogP contribution in [0.2, 0.25) is 0 Å². The molecule has 12 heteroatoms. The van der Waals surface area contributed by atoms with Crippen LogP contribution in [-0.2, 0) is 31.4 Å². The SMILES string of the molecule is COC(=O)C1=C(C(=O)OC)N(c2c(OC)cc(C(F)(F)F)cc2C(F)(F)F)C=CC=C1. The van der Waals surface area contributed by atoms with E-state index in [1.807, 2.05) is 0 Å². The molecule has 0 saturated heterocycles. The number of esters is 2.